The summed E-state index contributed by atoms with van der Waals surface area (Å²) in [4.78, 5) is 2.08. The van der Waals surface area contributed by atoms with Crippen LogP contribution in [-0.4, -0.2) is 38.9 Å². The Morgan fingerprint density at radius 3 is 2.12 bits per heavy atom. The molecule has 0 radical (unpaired) electrons. The van der Waals surface area contributed by atoms with Crippen LogP contribution in [0.1, 0.15) is 0 Å². The Hall–Kier alpha value is -1.34. The number of hydrogen-bond acceptors (Lipinski definition) is 3. The van der Waals surface area contributed by atoms with Gasteiger partial charge in [0.05, 0.1) is 5.02 Å². The quantitative estimate of drug-likeness (QED) is 0.805. The zero-order valence-electron chi connectivity index (χ0n) is 12.6. The molecule has 0 atom stereocenters. The standard InChI is InChI=1S/C16H15Cl2FN2O2S/c17-12-1-6-16(15(18)11-12)24(22,23)21-9-7-20(8-10-21)14-4-2-13(19)3-5-14/h1-6,11H,7-10H2. The molecule has 2 aromatic rings. The van der Waals surface area contributed by atoms with Crippen molar-refractivity contribution in [3.05, 3.63) is 58.3 Å². The van der Waals surface area contributed by atoms with Crippen molar-refractivity contribution >= 4 is 38.9 Å². The zero-order valence-corrected chi connectivity index (χ0v) is 15.0. The predicted molar refractivity (Wildman–Crippen MR) is 93.8 cm³/mol. The summed E-state index contributed by atoms with van der Waals surface area (Å²) in [6.45, 7) is 1.71. The second-order valence-electron chi connectivity index (χ2n) is 5.44. The van der Waals surface area contributed by atoms with Gasteiger partial charge in [-0.05, 0) is 42.5 Å². The Labute approximate surface area is 150 Å². The summed E-state index contributed by atoms with van der Waals surface area (Å²) in [7, 11) is -3.67. The summed E-state index contributed by atoms with van der Waals surface area (Å²) >= 11 is 11.9. The highest BCUT2D eigenvalue weighted by Gasteiger charge is 2.30. The summed E-state index contributed by atoms with van der Waals surface area (Å²) < 4.78 is 39.9. The van der Waals surface area contributed by atoms with Crippen LogP contribution in [0.25, 0.3) is 0 Å². The molecule has 0 N–H and O–H groups in total. The van der Waals surface area contributed by atoms with Crippen LogP contribution in [0, 0.1) is 5.82 Å². The number of benzene rings is 2. The van der Waals surface area contributed by atoms with Gasteiger partial charge >= 0.3 is 0 Å². The van der Waals surface area contributed by atoms with E-state index in [-0.39, 0.29) is 15.7 Å². The predicted octanol–water partition coefficient (Wildman–Crippen LogP) is 3.64. The number of hydrogen-bond donors (Lipinski definition) is 0. The molecule has 24 heavy (non-hydrogen) atoms. The number of halogens is 3. The van der Waals surface area contributed by atoms with E-state index in [2.05, 4.69) is 0 Å². The van der Waals surface area contributed by atoms with E-state index in [9.17, 15) is 12.8 Å². The van der Waals surface area contributed by atoms with Crippen molar-refractivity contribution in [2.24, 2.45) is 0 Å². The van der Waals surface area contributed by atoms with Crippen LogP contribution in [0.4, 0.5) is 10.1 Å². The van der Waals surface area contributed by atoms with Crippen molar-refractivity contribution in [2.45, 2.75) is 4.90 Å². The summed E-state index contributed by atoms with van der Waals surface area (Å²) in [6.07, 6.45) is 0. The molecule has 0 saturated carbocycles. The lowest BCUT2D eigenvalue weighted by molar-refractivity contribution is 0.385. The molecule has 1 aliphatic heterocycles. The van der Waals surface area contributed by atoms with E-state index in [0.717, 1.165) is 5.69 Å². The van der Waals surface area contributed by atoms with Gasteiger partial charge in [0.2, 0.25) is 10.0 Å². The van der Waals surface area contributed by atoms with Gasteiger partial charge in [-0.1, -0.05) is 23.2 Å². The molecule has 8 heteroatoms. The number of nitrogens with zero attached hydrogens (tertiary/aromatic N) is 2. The van der Waals surface area contributed by atoms with Crippen molar-refractivity contribution in [1.82, 2.24) is 4.31 Å². The third kappa shape index (κ3) is 3.52. The van der Waals surface area contributed by atoms with Gasteiger partial charge in [-0.15, -0.1) is 0 Å². The first-order valence-corrected chi connectivity index (χ1v) is 9.53. The van der Waals surface area contributed by atoms with E-state index >= 15 is 0 Å². The van der Waals surface area contributed by atoms with Crippen LogP contribution < -0.4 is 4.90 Å². The lowest BCUT2D eigenvalue weighted by Gasteiger charge is -2.35. The maximum absolute atomic E-state index is 13.0. The van der Waals surface area contributed by atoms with Gasteiger partial charge in [-0.3, -0.25) is 0 Å². The molecular formula is C16H15Cl2FN2O2S. The fraction of sp³-hybridized carbons (Fsp3) is 0.250. The molecule has 128 valence electrons. The Bertz CT molecular complexity index is 836. The van der Waals surface area contributed by atoms with Gasteiger partial charge in [-0.2, -0.15) is 4.31 Å². The number of rotatable bonds is 3. The topological polar surface area (TPSA) is 40.6 Å². The minimum atomic E-state index is -3.67. The number of piperazine rings is 1. The molecule has 1 aliphatic rings. The molecule has 0 aliphatic carbocycles. The second kappa shape index (κ2) is 6.88. The van der Waals surface area contributed by atoms with Crippen molar-refractivity contribution in [3.63, 3.8) is 0 Å². The molecule has 0 aromatic heterocycles. The molecular weight excluding hydrogens is 374 g/mol. The van der Waals surface area contributed by atoms with Crippen LogP contribution in [0.15, 0.2) is 47.4 Å². The van der Waals surface area contributed by atoms with Crippen molar-refractivity contribution in [3.8, 4) is 0 Å². The maximum Gasteiger partial charge on any atom is 0.244 e. The Morgan fingerprint density at radius 2 is 1.54 bits per heavy atom. The van der Waals surface area contributed by atoms with Gasteiger partial charge in [0.25, 0.3) is 0 Å². The fourth-order valence-corrected chi connectivity index (χ4v) is 4.83. The van der Waals surface area contributed by atoms with E-state index in [4.69, 9.17) is 23.2 Å². The Kier molecular flexibility index (Phi) is 5.01. The van der Waals surface area contributed by atoms with Crippen molar-refractivity contribution < 1.29 is 12.8 Å². The molecule has 3 rings (SSSR count). The Morgan fingerprint density at radius 1 is 0.917 bits per heavy atom. The minimum absolute atomic E-state index is 0.0591. The van der Waals surface area contributed by atoms with Crippen molar-refractivity contribution in [1.29, 1.82) is 0 Å². The highest BCUT2D eigenvalue weighted by atomic mass is 35.5. The molecule has 1 fully saturated rings. The van der Waals surface area contributed by atoms with E-state index in [0.29, 0.717) is 31.2 Å². The second-order valence-corrected chi connectivity index (χ2v) is 8.19. The molecule has 0 unspecified atom stereocenters. The molecule has 4 nitrogen and oxygen atoms in total. The lowest BCUT2D eigenvalue weighted by atomic mass is 10.2. The van der Waals surface area contributed by atoms with E-state index in [1.807, 2.05) is 4.90 Å². The average molecular weight is 389 g/mol. The van der Waals surface area contributed by atoms with Crippen LogP contribution in [0.5, 0.6) is 0 Å². The van der Waals surface area contributed by atoms with Crippen LogP contribution in [-0.2, 0) is 10.0 Å². The molecule has 1 saturated heterocycles. The first kappa shape index (κ1) is 17.5. The first-order chi connectivity index (χ1) is 11.4. The smallest absolute Gasteiger partial charge is 0.244 e. The minimum Gasteiger partial charge on any atom is -0.369 e. The summed E-state index contributed by atoms with van der Waals surface area (Å²) in [6, 6.07) is 10.5. The van der Waals surface area contributed by atoms with Gasteiger partial charge in [-0.25, -0.2) is 12.8 Å². The fourth-order valence-electron chi connectivity index (χ4n) is 2.66. The normalized spacial score (nSPS) is 16.4. The van der Waals surface area contributed by atoms with E-state index in [1.165, 1.54) is 34.6 Å². The highest BCUT2D eigenvalue weighted by molar-refractivity contribution is 7.89. The van der Waals surface area contributed by atoms with Gasteiger partial charge in [0.1, 0.15) is 10.7 Å². The van der Waals surface area contributed by atoms with Gasteiger partial charge in [0.15, 0.2) is 0 Å². The maximum atomic E-state index is 13.0. The number of anilines is 1. The third-order valence-corrected chi connectivity index (χ3v) is 6.56. The molecule has 1 heterocycles. The first-order valence-electron chi connectivity index (χ1n) is 7.33. The molecule has 0 amide bonds. The average Bonchev–Trinajstić information content (AvgIpc) is 2.55. The molecule has 0 spiro atoms. The molecule has 2 aromatic carbocycles. The number of sulfonamides is 1. The zero-order chi connectivity index (χ0) is 17.3. The van der Waals surface area contributed by atoms with Gasteiger partial charge in [0, 0.05) is 36.9 Å². The van der Waals surface area contributed by atoms with Crippen LogP contribution in [0.2, 0.25) is 10.0 Å². The highest BCUT2D eigenvalue weighted by Crippen LogP contribution is 2.28. The summed E-state index contributed by atoms with van der Waals surface area (Å²) in [5, 5.41) is 0.503. The van der Waals surface area contributed by atoms with Gasteiger partial charge < -0.3 is 4.90 Å². The monoisotopic (exact) mass is 388 g/mol. The Balaban J connectivity index is 1.75. The molecule has 0 bridgehead atoms. The van der Waals surface area contributed by atoms with Crippen molar-refractivity contribution in [2.75, 3.05) is 31.1 Å². The van der Waals surface area contributed by atoms with E-state index in [1.54, 1.807) is 12.1 Å². The largest absolute Gasteiger partial charge is 0.369 e. The van der Waals surface area contributed by atoms with Crippen LogP contribution >= 0.6 is 23.2 Å². The summed E-state index contributed by atoms with van der Waals surface area (Å²) in [5.74, 6) is -0.294. The van der Waals surface area contributed by atoms with E-state index < -0.39 is 10.0 Å². The lowest BCUT2D eigenvalue weighted by Crippen LogP contribution is -2.48. The summed E-state index contributed by atoms with van der Waals surface area (Å²) in [5.41, 5.74) is 0.873. The SMILES string of the molecule is O=S(=O)(c1ccc(Cl)cc1Cl)N1CCN(c2ccc(F)cc2)CC1. The van der Waals surface area contributed by atoms with Crippen LogP contribution in [0.3, 0.4) is 0 Å². The third-order valence-electron chi connectivity index (χ3n) is 3.94.